The normalized spacial score (nSPS) is 11.1. The summed E-state index contributed by atoms with van der Waals surface area (Å²) in [5.74, 6) is -0.376. The van der Waals surface area contributed by atoms with Crippen LogP contribution in [0.5, 0.6) is 0 Å². The lowest BCUT2D eigenvalue weighted by Crippen LogP contribution is -2.38. The predicted molar refractivity (Wildman–Crippen MR) is 99.8 cm³/mol. The lowest BCUT2D eigenvalue weighted by molar-refractivity contribution is -0.393. The van der Waals surface area contributed by atoms with E-state index in [2.05, 4.69) is 36.7 Å². The quantitative estimate of drug-likeness (QED) is 0.295. The second-order valence-corrected chi connectivity index (χ2v) is 6.71. The van der Waals surface area contributed by atoms with Gasteiger partial charge in [0, 0.05) is 24.7 Å². The van der Waals surface area contributed by atoms with Crippen molar-refractivity contribution in [1.29, 1.82) is 0 Å². The molecular formula is C16H25N5O6. The first-order valence-corrected chi connectivity index (χ1v) is 8.36. The number of nitrogens with one attached hydrogen (secondary N) is 3. The number of non-ortho nitro benzene ring substituents is 1. The molecule has 0 saturated heterocycles. The van der Waals surface area contributed by atoms with Gasteiger partial charge in [0.15, 0.2) is 0 Å². The summed E-state index contributed by atoms with van der Waals surface area (Å²) in [6.45, 7) is 7.81. The van der Waals surface area contributed by atoms with E-state index in [-0.39, 0.29) is 23.7 Å². The number of nitro groups is 2. The van der Waals surface area contributed by atoms with E-state index in [1.165, 1.54) is 6.07 Å². The average molecular weight is 383 g/mol. The van der Waals surface area contributed by atoms with Gasteiger partial charge in [-0.05, 0) is 26.8 Å². The standard InChI is InChI=1S/C16H25N5O6/c1-16(2,3)19-7-9-27-8-6-17-15(22)11-18-13-5-4-12(20(23)24)10-14(13)21(25)26/h4-5,10,18-19H,6-9,11H2,1-3H3,(H,17,22). The Morgan fingerprint density at radius 1 is 1.11 bits per heavy atom. The molecule has 0 aromatic heterocycles. The molecule has 0 saturated carbocycles. The Balaban J connectivity index is 2.34. The molecule has 1 amide bonds. The zero-order valence-corrected chi connectivity index (χ0v) is 15.6. The van der Waals surface area contributed by atoms with Crippen LogP contribution in [0.15, 0.2) is 18.2 Å². The number of rotatable bonds is 11. The topological polar surface area (TPSA) is 149 Å². The van der Waals surface area contributed by atoms with E-state index in [4.69, 9.17) is 4.74 Å². The molecule has 11 heteroatoms. The van der Waals surface area contributed by atoms with Crippen molar-refractivity contribution in [2.75, 3.05) is 38.2 Å². The number of ether oxygens (including phenoxy) is 1. The molecule has 0 unspecified atom stereocenters. The van der Waals surface area contributed by atoms with Gasteiger partial charge in [-0.3, -0.25) is 25.0 Å². The molecule has 1 aromatic rings. The zero-order chi connectivity index (χ0) is 20.4. The third kappa shape index (κ3) is 8.92. The first-order chi connectivity index (χ1) is 12.6. The molecule has 27 heavy (non-hydrogen) atoms. The maximum atomic E-state index is 11.8. The summed E-state index contributed by atoms with van der Waals surface area (Å²) in [4.78, 5) is 32.0. The molecule has 1 aromatic carbocycles. The smallest absolute Gasteiger partial charge is 0.299 e. The maximum absolute atomic E-state index is 11.8. The SMILES string of the molecule is CC(C)(C)NCCOCCNC(=O)CNc1ccc([N+](=O)[O-])cc1[N+](=O)[O-]. The van der Waals surface area contributed by atoms with Crippen LogP contribution in [0.2, 0.25) is 0 Å². The summed E-state index contributed by atoms with van der Waals surface area (Å²) < 4.78 is 5.38. The van der Waals surface area contributed by atoms with Crippen LogP contribution < -0.4 is 16.0 Å². The Bertz CT molecular complexity index is 674. The molecule has 3 N–H and O–H groups in total. The zero-order valence-electron chi connectivity index (χ0n) is 15.6. The number of hydrogen-bond acceptors (Lipinski definition) is 8. The van der Waals surface area contributed by atoms with Gasteiger partial charge in [0.2, 0.25) is 5.91 Å². The monoisotopic (exact) mass is 383 g/mol. The van der Waals surface area contributed by atoms with E-state index in [0.29, 0.717) is 26.3 Å². The highest BCUT2D eigenvalue weighted by molar-refractivity contribution is 5.81. The fourth-order valence-corrected chi connectivity index (χ4v) is 2.04. The van der Waals surface area contributed by atoms with Gasteiger partial charge in [0.05, 0.1) is 35.7 Å². The number of nitro benzene ring substituents is 2. The number of carbonyl (C=O) groups is 1. The van der Waals surface area contributed by atoms with Crippen molar-refractivity contribution in [2.45, 2.75) is 26.3 Å². The molecule has 0 aliphatic carbocycles. The third-order valence-electron chi connectivity index (χ3n) is 3.30. The fraction of sp³-hybridized carbons (Fsp3) is 0.562. The van der Waals surface area contributed by atoms with Crippen molar-refractivity contribution < 1.29 is 19.4 Å². The molecule has 11 nitrogen and oxygen atoms in total. The Kier molecular flexibility index (Phi) is 8.56. The largest absolute Gasteiger partial charge is 0.378 e. The van der Waals surface area contributed by atoms with Crippen LogP contribution in [0.25, 0.3) is 0 Å². The van der Waals surface area contributed by atoms with E-state index in [0.717, 1.165) is 12.1 Å². The first-order valence-electron chi connectivity index (χ1n) is 8.36. The number of hydrogen-bond donors (Lipinski definition) is 3. The average Bonchev–Trinajstić information content (AvgIpc) is 2.57. The Morgan fingerprint density at radius 3 is 2.37 bits per heavy atom. The molecule has 1 rings (SSSR count). The van der Waals surface area contributed by atoms with Gasteiger partial charge >= 0.3 is 0 Å². The first kappa shape index (κ1) is 22.3. The van der Waals surface area contributed by atoms with E-state index >= 15 is 0 Å². The highest BCUT2D eigenvalue weighted by Gasteiger charge is 2.19. The minimum atomic E-state index is -0.743. The third-order valence-corrected chi connectivity index (χ3v) is 3.30. The fourth-order valence-electron chi connectivity index (χ4n) is 2.04. The molecule has 0 atom stereocenters. The van der Waals surface area contributed by atoms with Gasteiger partial charge in [0.25, 0.3) is 11.4 Å². The molecule has 0 aliphatic rings. The summed E-state index contributed by atoms with van der Waals surface area (Å²) in [6, 6.07) is 3.18. The van der Waals surface area contributed by atoms with Crippen LogP contribution in [0.3, 0.4) is 0 Å². The van der Waals surface area contributed by atoms with Crippen molar-refractivity contribution in [3.05, 3.63) is 38.4 Å². The summed E-state index contributed by atoms with van der Waals surface area (Å²) in [7, 11) is 0. The van der Waals surface area contributed by atoms with E-state index < -0.39 is 21.2 Å². The van der Waals surface area contributed by atoms with Crippen molar-refractivity contribution in [2.24, 2.45) is 0 Å². The molecule has 0 heterocycles. The van der Waals surface area contributed by atoms with Gasteiger partial charge in [-0.15, -0.1) is 0 Å². The van der Waals surface area contributed by atoms with Crippen molar-refractivity contribution in [3.63, 3.8) is 0 Å². The van der Waals surface area contributed by atoms with Crippen LogP contribution in [-0.2, 0) is 9.53 Å². The molecule has 0 spiro atoms. The second kappa shape index (κ2) is 10.4. The second-order valence-electron chi connectivity index (χ2n) is 6.71. The lowest BCUT2D eigenvalue weighted by atomic mass is 10.1. The molecular weight excluding hydrogens is 358 g/mol. The van der Waals surface area contributed by atoms with Gasteiger partial charge in [0.1, 0.15) is 5.69 Å². The van der Waals surface area contributed by atoms with Crippen molar-refractivity contribution in [3.8, 4) is 0 Å². The van der Waals surface area contributed by atoms with Crippen LogP contribution in [0.1, 0.15) is 20.8 Å². The maximum Gasteiger partial charge on any atom is 0.299 e. The minimum absolute atomic E-state index is 0.0176. The van der Waals surface area contributed by atoms with Gasteiger partial charge in [-0.2, -0.15) is 0 Å². The Hall–Kier alpha value is -2.79. The Morgan fingerprint density at radius 2 is 1.78 bits per heavy atom. The highest BCUT2D eigenvalue weighted by Crippen LogP contribution is 2.28. The lowest BCUT2D eigenvalue weighted by Gasteiger charge is -2.20. The minimum Gasteiger partial charge on any atom is -0.378 e. The van der Waals surface area contributed by atoms with Crippen LogP contribution in [0.4, 0.5) is 17.1 Å². The van der Waals surface area contributed by atoms with Gasteiger partial charge in [-0.25, -0.2) is 0 Å². The summed E-state index contributed by atoms with van der Waals surface area (Å²) in [5.41, 5.74) is -0.810. The van der Waals surface area contributed by atoms with Crippen molar-refractivity contribution in [1.82, 2.24) is 10.6 Å². The number of carbonyl (C=O) groups excluding carboxylic acids is 1. The number of nitrogens with zero attached hydrogens (tertiary/aromatic N) is 2. The van der Waals surface area contributed by atoms with E-state index in [1.807, 2.05) is 0 Å². The summed E-state index contributed by atoms with van der Waals surface area (Å²) in [5, 5.41) is 30.2. The number of benzene rings is 1. The van der Waals surface area contributed by atoms with Crippen LogP contribution >= 0.6 is 0 Å². The van der Waals surface area contributed by atoms with Gasteiger partial charge < -0.3 is 20.7 Å². The molecule has 0 radical (unpaired) electrons. The van der Waals surface area contributed by atoms with Gasteiger partial charge in [-0.1, -0.05) is 0 Å². The number of anilines is 1. The van der Waals surface area contributed by atoms with Crippen LogP contribution in [0, 0.1) is 20.2 Å². The van der Waals surface area contributed by atoms with E-state index in [9.17, 15) is 25.0 Å². The summed E-state index contributed by atoms with van der Waals surface area (Å²) in [6.07, 6.45) is 0. The molecule has 0 bridgehead atoms. The number of amides is 1. The molecule has 0 aliphatic heterocycles. The van der Waals surface area contributed by atoms with E-state index in [1.54, 1.807) is 0 Å². The predicted octanol–water partition coefficient (Wildman–Crippen LogP) is 1.44. The highest BCUT2D eigenvalue weighted by atomic mass is 16.6. The van der Waals surface area contributed by atoms with Crippen LogP contribution in [-0.4, -0.2) is 54.1 Å². The Labute approximate surface area is 156 Å². The van der Waals surface area contributed by atoms with Crippen molar-refractivity contribution >= 4 is 23.0 Å². The molecule has 150 valence electrons. The summed E-state index contributed by atoms with van der Waals surface area (Å²) >= 11 is 0. The molecule has 0 fully saturated rings.